The molecule has 1 aliphatic carbocycles. The minimum atomic E-state index is 0.852. The largest absolute Gasteiger partial charge is 0.236 e. The van der Waals surface area contributed by atoms with Crippen molar-refractivity contribution < 1.29 is 0 Å². The molecule has 0 bridgehead atoms. The summed E-state index contributed by atoms with van der Waals surface area (Å²) in [5, 5.41) is 0. The summed E-state index contributed by atoms with van der Waals surface area (Å²) in [5.41, 5.74) is 3.84. The average Bonchev–Trinajstić information content (AvgIpc) is 2.76. The summed E-state index contributed by atoms with van der Waals surface area (Å²) in [7, 11) is 0. The normalized spacial score (nSPS) is 19.6. The molecule has 0 unspecified atom stereocenters. The number of unbranched alkanes of at least 4 members (excludes halogenated alkanes) is 3. The molecular weight excluding hydrogens is 340 g/mol. The summed E-state index contributed by atoms with van der Waals surface area (Å²) in [5.74, 6) is 2.75. The summed E-state index contributed by atoms with van der Waals surface area (Å²) in [6, 6.07) is 8.84. The van der Waals surface area contributed by atoms with Crippen molar-refractivity contribution in [3.8, 4) is 11.4 Å². The lowest BCUT2D eigenvalue weighted by Crippen LogP contribution is -2.14. The van der Waals surface area contributed by atoms with Gasteiger partial charge in [0.2, 0.25) is 0 Å². The van der Waals surface area contributed by atoms with Crippen molar-refractivity contribution in [3.63, 3.8) is 0 Å². The molecule has 1 aromatic heterocycles. The molecule has 1 saturated carbocycles. The number of aryl methyl sites for hydroxylation is 2. The predicted octanol–water partition coefficient (Wildman–Crippen LogP) is 7.42. The Morgan fingerprint density at radius 2 is 1.43 bits per heavy atom. The number of rotatable bonds is 10. The SMILES string of the molecule is CCCCCCc1ccc(-c2ncc(CCC3CCC(CC)CC3)cn2)cc1. The second-order valence-corrected chi connectivity index (χ2v) is 8.76. The summed E-state index contributed by atoms with van der Waals surface area (Å²) in [6.45, 7) is 4.60. The maximum atomic E-state index is 4.64. The molecule has 0 N–H and O–H groups in total. The molecule has 0 saturated heterocycles. The molecule has 2 aromatic rings. The van der Waals surface area contributed by atoms with Crippen molar-refractivity contribution in [1.82, 2.24) is 9.97 Å². The van der Waals surface area contributed by atoms with Gasteiger partial charge in [-0.3, -0.25) is 0 Å². The van der Waals surface area contributed by atoms with Crippen LogP contribution in [-0.4, -0.2) is 9.97 Å². The molecule has 0 spiro atoms. The lowest BCUT2D eigenvalue weighted by atomic mass is 9.79. The van der Waals surface area contributed by atoms with Crippen LogP contribution in [0.4, 0.5) is 0 Å². The highest BCUT2D eigenvalue weighted by Gasteiger charge is 2.19. The van der Waals surface area contributed by atoms with Crippen LogP contribution >= 0.6 is 0 Å². The Morgan fingerprint density at radius 1 is 0.750 bits per heavy atom. The summed E-state index contributed by atoms with van der Waals surface area (Å²) < 4.78 is 0. The summed E-state index contributed by atoms with van der Waals surface area (Å²) in [6.07, 6.45) is 20.0. The van der Waals surface area contributed by atoms with Gasteiger partial charge in [0.15, 0.2) is 5.82 Å². The van der Waals surface area contributed by atoms with Crippen LogP contribution in [0, 0.1) is 11.8 Å². The quantitative estimate of drug-likeness (QED) is 0.402. The van der Waals surface area contributed by atoms with E-state index in [-0.39, 0.29) is 0 Å². The molecule has 3 rings (SSSR count). The van der Waals surface area contributed by atoms with E-state index in [0.717, 1.165) is 29.6 Å². The zero-order chi connectivity index (χ0) is 19.6. The first-order chi connectivity index (χ1) is 13.8. The van der Waals surface area contributed by atoms with E-state index in [2.05, 4.69) is 48.1 Å². The highest BCUT2D eigenvalue weighted by Crippen LogP contribution is 2.33. The second kappa shape index (κ2) is 11.3. The van der Waals surface area contributed by atoms with Crippen LogP contribution in [0.2, 0.25) is 0 Å². The molecular formula is C26H38N2. The maximum Gasteiger partial charge on any atom is 0.159 e. The van der Waals surface area contributed by atoms with Crippen LogP contribution in [-0.2, 0) is 12.8 Å². The van der Waals surface area contributed by atoms with Crippen LogP contribution in [0.5, 0.6) is 0 Å². The second-order valence-electron chi connectivity index (χ2n) is 8.76. The monoisotopic (exact) mass is 378 g/mol. The molecule has 1 heterocycles. The molecule has 0 radical (unpaired) electrons. The van der Waals surface area contributed by atoms with Gasteiger partial charge in [0.05, 0.1) is 0 Å². The first-order valence-corrected chi connectivity index (χ1v) is 11.7. The number of hydrogen-bond acceptors (Lipinski definition) is 2. The number of nitrogens with zero attached hydrogens (tertiary/aromatic N) is 2. The van der Waals surface area contributed by atoms with E-state index in [9.17, 15) is 0 Å². The fraction of sp³-hybridized carbons (Fsp3) is 0.615. The first-order valence-electron chi connectivity index (χ1n) is 11.7. The van der Waals surface area contributed by atoms with E-state index in [0.29, 0.717) is 0 Å². The lowest BCUT2D eigenvalue weighted by molar-refractivity contribution is 0.258. The van der Waals surface area contributed by atoms with Gasteiger partial charge < -0.3 is 0 Å². The number of aromatic nitrogens is 2. The van der Waals surface area contributed by atoms with Crippen LogP contribution in [0.3, 0.4) is 0 Å². The fourth-order valence-corrected chi connectivity index (χ4v) is 4.51. The minimum absolute atomic E-state index is 0.852. The molecule has 2 heteroatoms. The molecule has 1 aromatic carbocycles. The van der Waals surface area contributed by atoms with Crippen LogP contribution in [0.15, 0.2) is 36.7 Å². The van der Waals surface area contributed by atoms with E-state index >= 15 is 0 Å². The summed E-state index contributed by atoms with van der Waals surface area (Å²) in [4.78, 5) is 9.29. The van der Waals surface area contributed by atoms with Gasteiger partial charge in [0.1, 0.15) is 0 Å². The smallest absolute Gasteiger partial charge is 0.159 e. The zero-order valence-corrected chi connectivity index (χ0v) is 18.0. The van der Waals surface area contributed by atoms with Crippen molar-refractivity contribution >= 4 is 0 Å². The average molecular weight is 379 g/mol. The van der Waals surface area contributed by atoms with E-state index < -0.39 is 0 Å². The van der Waals surface area contributed by atoms with E-state index in [1.165, 1.54) is 81.8 Å². The van der Waals surface area contributed by atoms with Gasteiger partial charge in [-0.25, -0.2) is 9.97 Å². The zero-order valence-electron chi connectivity index (χ0n) is 18.0. The topological polar surface area (TPSA) is 25.8 Å². The Hall–Kier alpha value is -1.70. The highest BCUT2D eigenvalue weighted by molar-refractivity contribution is 5.55. The van der Waals surface area contributed by atoms with Gasteiger partial charge in [-0.2, -0.15) is 0 Å². The third kappa shape index (κ3) is 6.43. The molecule has 0 aliphatic heterocycles. The van der Waals surface area contributed by atoms with Gasteiger partial charge in [-0.05, 0) is 48.6 Å². The Balaban J connectivity index is 1.46. The van der Waals surface area contributed by atoms with Crippen molar-refractivity contribution in [2.45, 2.75) is 90.9 Å². The highest BCUT2D eigenvalue weighted by atomic mass is 14.9. The van der Waals surface area contributed by atoms with E-state index in [1.807, 2.05) is 12.4 Å². The van der Waals surface area contributed by atoms with Crippen molar-refractivity contribution in [2.24, 2.45) is 11.8 Å². The number of hydrogen-bond donors (Lipinski definition) is 0. The Morgan fingerprint density at radius 3 is 2.07 bits per heavy atom. The standard InChI is InChI=1S/C26H38N2/c1-3-5-6-7-8-22-15-17-25(18-16-22)26-27-19-24(20-28-26)14-13-23-11-9-21(4-2)10-12-23/h15-21,23H,3-14H2,1-2H3. The van der Waals surface area contributed by atoms with Gasteiger partial charge in [0, 0.05) is 18.0 Å². The Kier molecular flexibility index (Phi) is 8.51. The number of benzene rings is 1. The third-order valence-electron chi connectivity index (χ3n) is 6.62. The van der Waals surface area contributed by atoms with E-state index in [1.54, 1.807) is 0 Å². The third-order valence-corrected chi connectivity index (χ3v) is 6.62. The van der Waals surface area contributed by atoms with Crippen LogP contribution in [0.1, 0.15) is 89.2 Å². The van der Waals surface area contributed by atoms with E-state index in [4.69, 9.17) is 0 Å². The van der Waals surface area contributed by atoms with Gasteiger partial charge in [-0.1, -0.05) is 89.5 Å². The van der Waals surface area contributed by atoms with Crippen LogP contribution < -0.4 is 0 Å². The predicted molar refractivity (Wildman–Crippen MR) is 119 cm³/mol. The molecule has 0 atom stereocenters. The minimum Gasteiger partial charge on any atom is -0.236 e. The molecule has 1 fully saturated rings. The Bertz CT molecular complexity index is 667. The molecule has 152 valence electrons. The molecule has 28 heavy (non-hydrogen) atoms. The van der Waals surface area contributed by atoms with Gasteiger partial charge >= 0.3 is 0 Å². The fourth-order valence-electron chi connectivity index (χ4n) is 4.51. The molecule has 2 nitrogen and oxygen atoms in total. The summed E-state index contributed by atoms with van der Waals surface area (Å²) >= 11 is 0. The van der Waals surface area contributed by atoms with Gasteiger partial charge in [-0.15, -0.1) is 0 Å². The van der Waals surface area contributed by atoms with Gasteiger partial charge in [0.25, 0.3) is 0 Å². The van der Waals surface area contributed by atoms with Crippen LogP contribution in [0.25, 0.3) is 11.4 Å². The van der Waals surface area contributed by atoms with Crippen molar-refractivity contribution in [2.75, 3.05) is 0 Å². The molecule has 0 amide bonds. The lowest BCUT2D eigenvalue weighted by Gasteiger charge is -2.27. The maximum absolute atomic E-state index is 4.64. The molecule has 1 aliphatic rings. The van der Waals surface area contributed by atoms with Crippen molar-refractivity contribution in [3.05, 3.63) is 47.8 Å². The first kappa shape index (κ1) is 21.0. The van der Waals surface area contributed by atoms with Crippen molar-refractivity contribution in [1.29, 1.82) is 0 Å². The Labute approximate surface area is 172 Å².